The van der Waals surface area contributed by atoms with Crippen LogP contribution in [0.3, 0.4) is 0 Å². The summed E-state index contributed by atoms with van der Waals surface area (Å²) in [5.41, 5.74) is 1.94. The molecule has 0 saturated heterocycles. The largest absolute Gasteiger partial charge is 0.451 e. The summed E-state index contributed by atoms with van der Waals surface area (Å²) in [6, 6.07) is 15.8. The van der Waals surface area contributed by atoms with Gasteiger partial charge in [-0.1, -0.05) is 58.4 Å². The Kier molecular flexibility index (Phi) is 4.47. The number of allylic oxidation sites excluding steroid dienone is 2. The van der Waals surface area contributed by atoms with E-state index in [0.717, 1.165) is 4.47 Å². The van der Waals surface area contributed by atoms with E-state index < -0.39 is 5.78 Å². The van der Waals surface area contributed by atoms with E-state index in [1.54, 1.807) is 56.3 Å². The highest BCUT2D eigenvalue weighted by Gasteiger charge is 2.38. The van der Waals surface area contributed by atoms with Gasteiger partial charge in [-0.05, 0) is 26.0 Å². The summed E-state index contributed by atoms with van der Waals surface area (Å²) in [6.45, 7) is 3.22. The van der Waals surface area contributed by atoms with Gasteiger partial charge in [0.2, 0.25) is 5.78 Å². The van der Waals surface area contributed by atoms with Gasteiger partial charge in [0, 0.05) is 26.7 Å². The first-order chi connectivity index (χ1) is 13.4. The van der Waals surface area contributed by atoms with E-state index in [-0.39, 0.29) is 34.2 Å². The molecule has 5 heteroatoms. The zero-order valence-electron chi connectivity index (χ0n) is 15.2. The molecule has 4 rings (SSSR count). The van der Waals surface area contributed by atoms with Crippen molar-refractivity contribution in [2.24, 2.45) is 0 Å². The lowest BCUT2D eigenvalue weighted by atomic mass is 9.84. The summed E-state index contributed by atoms with van der Waals surface area (Å²) in [5.74, 6) is -0.913. The lowest BCUT2D eigenvalue weighted by Crippen LogP contribution is -2.20. The molecular weight excluding hydrogens is 420 g/mol. The van der Waals surface area contributed by atoms with Crippen LogP contribution in [0, 0.1) is 0 Å². The number of hydrogen-bond acceptors (Lipinski definition) is 4. The summed E-state index contributed by atoms with van der Waals surface area (Å²) in [7, 11) is 0. The highest BCUT2D eigenvalue weighted by atomic mass is 79.9. The fraction of sp³-hybridized carbons (Fsp3) is 0.0870. The van der Waals surface area contributed by atoms with Crippen LogP contribution in [0.15, 0.2) is 74.6 Å². The van der Waals surface area contributed by atoms with Gasteiger partial charge in [0.1, 0.15) is 5.76 Å². The molecule has 0 N–H and O–H groups in total. The second-order valence-corrected chi connectivity index (χ2v) is 7.54. The molecule has 138 valence electrons. The van der Waals surface area contributed by atoms with E-state index in [9.17, 15) is 14.4 Å². The number of ketones is 3. The first-order valence-electron chi connectivity index (χ1n) is 8.69. The highest BCUT2D eigenvalue weighted by molar-refractivity contribution is 9.10. The predicted molar refractivity (Wildman–Crippen MR) is 109 cm³/mol. The van der Waals surface area contributed by atoms with Gasteiger partial charge in [0.15, 0.2) is 17.3 Å². The van der Waals surface area contributed by atoms with Crippen LogP contribution in [-0.2, 0) is 0 Å². The van der Waals surface area contributed by atoms with Crippen LogP contribution in [-0.4, -0.2) is 17.3 Å². The van der Waals surface area contributed by atoms with E-state index in [0.29, 0.717) is 22.3 Å². The van der Waals surface area contributed by atoms with Crippen LogP contribution in [0.1, 0.15) is 50.7 Å². The molecule has 0 bridgehead atoms. The van der Waals surface area contributed by atoms with Crippen LogP contribution in [0.2, 0.25) is 0 Å². The van der Waals surface area contributed by atoms with Gasteiger partial charge in [-0.3, -0.25) is 14.4 Å². The number of hydrogen-bond donors (Lipinski definition) is 0. The maximum atomic E-state index is 13.1. The average Bonchev–Trinajstić information content (AvgIpc) is 3.12. The van der Waals surface area contributed by atoms with Crippen molar-refractivity contribution in [2.75, 3.05) is 0 Å². The third kappa shape index (κ3) is 2.79. The minimum atomic E-state index is -0.422. The molecule has 28 heavy (non-hydrogen) atoms. The monoisotopic (exact) mass is 434 g/mol. The Balaban J connectivity index is 2.00. The van der Waals surface area contributed by atoms with Gasteiger partial charge in [0.05, 0.1) is 11.1 Å². The van der Waals surface area contributed by atoms with E-state index in [2.05, 4.69) is 15.9 Å². The van der Waals surface area contributed by atoms with Crippen LogP contribution in [0.4, 0.5) is 0 Å². The number of carbonyl (C=O) groups excluding carboxylic acids is 3. The lowest BCUT2D eigenvalue weighted by molar-refractivity contribution is 0.0965. The summed E-state index contributed by atoms with van der Waals surface area (Å²) in [5, 5.41) is 0. The SMILES string of the molecule is CC1=C(C)C(=O)c2c(-c3ccc(Br)cc3)oc(C(=O)c3ccccc3)c2C1=O. The van der Waals surface area contributed by atoms with Crippen LogP contribution in [0.25, 0.3) is 11.3 Å². The van der Waals surface area contributed by atoms with Crippen molar-refractivity contribution in [3.63, 3.8) is 0 Å². The second-order valence-electron chi connectivity index (χ2n) is 6.62. The minimum Gasteiger partial charge on any atom is -0.451 e. The maximum Gasteiger partial charge on any atom is 0.229 e. The Morgan fingerprint density at radius 1 is 0.821 bits per heavy atom. The molecule has 1 heterocycles. The molecule has 0 spiro atoms. The number of fused-ring (bicyclic) bond motifs is 1. The fourth-order valence-corrected chi connectivity index (χ4v) is 3.53. The van der Waals surface area contributed by atoms with E-state index in [4.69, 9.17) is 4.42 Å². The summed E-state index contributed by atoms with van der Waals surface area (Å²) in [6.07, 6.45) is 0. The second kappa shape index (κ2) is 6.84. The molecule has 3 aromatic rings. The molecule has 1 aliphatic carbocycles. The molecule has 1 aromatic heterocycles. The normalized spacial score (nSPS) is 13.7. The number of carbonyl (C=O) groups is 3. The summed E-state index contributed by atoms with van der Waals surface area (Å²) in [4.78, 5) is 39.1. The first-order valence-corrected chi connectivity index (χ1v) is 9.48. The number of benzene rings is 2. The standard InChI is InChI=1S/C23H15BrO4/c1-12-13(2)20(26)18-17(19(12)25)22(15-8-10-16(24)11-9-15)28-23(18)21(27)14-6-4-3-5-7-14/h3-11H,1-2H3. The molecule has 0 amide bonds. The molecule has 0 unspecified atom stereocenters. The topological polar surface area (TPSA) is 64.3 Å². The zero-order valence-corrected chi connectivity index (χ0v) is 16.8. The fourth-order valence-electron chi connectivity index (χ4n) is 3.27. The molecule has 4 nitrogen and oxygen atoms in total. The van der Waals surface area contributed by atoms with Crippen molar-refractivity contribution < 1.29 is 18.8 Å². The highest BCUT2D eigenvalue weighted by Crippen LogP contribution is 2.39. The number of furan rings is 1. The van der Waals surface area contributed by atoms with Gasteiger partial charge < -0.3 is 4.42 Å². The zero-order chi connectivity index (χ0) is 20.0. The Morgan fingerprint density at radius 2 is 1.39 bits per heavy atom. The van der Waals surface area contributed by atoms with E-state index in [1.165, 1.54) is 0 Å². The lowest BCUT2D eigenvalue weighted by Gasteiger charge is -2.14. The van der Waals surface area contributed by atoms with Crippen molar-refractivity contribution in [1.82, 2.24) is 0 Å². The number of halogens is 1. The Morgan fingerprint density at radius 3 is 2.00 bits per heavy atom. The van der Waals surface area contributed by atoms with Crippen LogP contribution < -0.4 is 0 Å². The summed E-state index contributed by atoms with van der Waals surface area (Å²) >= 11 is 3.38. The minimum absolute atomic E-state index is 0.0554. The predicted octanol–water partition coefficient (Wildman–Crippen LogP) is 5.66. The molecule has 0 atom stereocenters. The van der Waals surface area contributed by atoms with Gasteiger partial charge >= 0.3 is 0 Å². The third-order valence-electron chi connectivity index (χ3n) is 4.95. The molecule has 0 aliphatic heterocycles. The van der Waals surface area contributed by atoms with Crippen molar-refractivity contribution >= 4 is 33.3 Å². The molecule has 2 aromatic carbocycles. The van der Waals surface area contributed by atoms with Crippen molar-refractivity contribution in [2.45, 2.75) is 13.8 Å². The van der Waals surface area contributed by atoms with E-state index in [1.807, 2.05) is 12.1 Å². The quantitative estimate of drug-likeness (QED) is 0.499. The Hall–Kier alpha value is -3.05. The first kappa shape index (κ1) is 18.3. The van der Waals surface area contributed by atoms with Gasteiger partial charge in [-0.25, -0.2) is 0 Å². The molecule has 0 radical (unpaired) electrons. The maximum absolute atomic E-state index is 13.1. The molecule has 1 aliphatic rings. The molecular formula is C23H15BrO4. The molecule has 0 fully saturated rings. The third-order valence-corrected chi connectivity index (χ3v) is 5.48. The van der Waals surface area contributed by atoms with Crippen molar-refractivity contribution in [1.29, 1.82) is 0 Å². The van der Waals surface area contributed by atoms with Gasteiger partial charge in [-0.2, -0.15) is 0 Å². The van der Waals surface area contributed by atoms with Crippen LogP contribution >= 0.6 is 15.9 Å². The van der Waals surface area contributed by atoms with Crippen LogP contribution in [0.5, 0.6) is 0 Å². The number of Topliss-reactive ketones (excluding diaryl/α,β-unsaturated/α-hetero) is 2. The van der Waals surface area contributed by atoms with Crippen molar-refractivity contribution in [3.05, 3.63) is 92.7 Å². The van der Waals surface area contributed by atoms with Gasteiger partial charge in [-0.15, -0.1) is 0 Å². The van der Waals surface area contributed by atoms with E-state index >= 15 is 0 Å². The average molecular weight is 435 g/mol. The van der Waals surface area contributed by atoms with Crippen molar-refractivity contribution in [3.8, 4) is 11.3 Å². The van der Waals surface area contributed by atoms with Gasteiger partial charge in [0.25, 0.3) is 0 Å². The Labute approximate surface area is 170 Å². The Bertz CT molecular complexity index is 1170. The smallest absolute Gasteiger partial charge is 0.229 e. The summed E-state index contributed by atoms with van der Waals surface area (Å²) < 4.78 is 6.78. The molecule has 0 saturated carbocycles. The number of rotatable bonds is 3.